The molecule has 130 valence electrons. The van der Waals surface area contributed by atoms with Crippen molar-refractivity contribution >= 4 is 11.4 Å². The zero-order valence-corrected chi connectivity index (χ0v) is 13.9. The van der Waals surface area contributed by atoms with Crippen LogP contribution < -0.4 is 0 Å². The highest BCUT2D eigenvalue weighted by atomic mass is 16.5. The van der Waals surface area contributed by atoms with Gasteiger partial charge < -0.3 is 14.5 Å². The molecule has 1 saturated heterocycles. The van der Waals surface area contributed by atoms with Gasteiger partial charge in [-0.05, 0) is 31.9 Å². The predicted molar refractivity (Wildman–Crippen MR) is 88.0 cm³/mol. The molecule has 1 unspecified atom stereocenters. The number of hydrogen-bond donors (Lipinski definition) is 1. The molecule has 1 aliphatic heterocycles. The van der Waals surface area contributed by atoms with E-state index in [0.717, 1.165) is 5.52 Å². The maximum atomic E-state index is 12.9. The average molecular weight is 341 g/mol. The van der Waals surface area contributed by atoms with Crippen LogP contribution in [0.1, 0.15) is 34.9 Å². The van der Waals surface area contributed by atoms with Crippen LogP contribution >= 0.6 is 0 Å². The van der Waals surface area contributed by atoms with Gasteiger partial charge in [0.25, 0.3) is 5.91 Å². The Morgan fingerprint density at radius 2 is 2.32 bits per heavy atom. The van der Waals surface area contributed by atoms with Gasteiger partial charge >= 0.3 is 0 Å². The van der Waals surface area contributed by atoms with Crippen LogP contribution in [0.25, 0.3) is 5.52 Å². The summed E-state index contributed by atoms with van der Waals surface area (Å²) < 4.78 is 6.79. The molecule has 25 heavy (non-hydrogen) atoms. The Kier molecular flexibility index (Phi) is 3.76. The number of amides is 1. The Morgan fingerprint density at radius 1 is 1.44 bits per heavy atom. The minimum atomic E-state index is -1.06. The Balaban J connectivity index is 1.55. The summed E-state index contributed by atoms with van der Waals surface area (Å²) in [6.45, 7) is 2.57. The third-order valence-corrected chi connectivity index (χ3v) is 4.55. The summed E-state index contributed by atoms with van der Waals surface area (Å²) in [5.74, 6) is 0.806. The maximum Gasteiger partial charge on any atom is 0.257 e. The highest BCUT2D eigenvalue weighted by Gasteiger charge is 2.37. The molecule has 0 bridgehead atoms. The molecule has 1 fully saturated rings. The molecule has 4 rings (SSSR count). The number of fused-ring (bicyclic) bond motifs is 1. The normalized spacial score (nSPS) is 21.0. The van der Waals surface area contributed by atoms with Crippen LogP contribution in [0.15, 0.2) is 35.1 Å². The second-order valence-electron chi connectivity index (χ2n) is 6.56. The lowest BCUT2D eigenvalue weighted by molar-refractivity contribution is -0.0286. The second-order valence-corrected chi connectivity index (χ2v) is 6.56. The molecule has 3 aromatic heterocycles. The lowest BCUT2D eigenvalue weighted by Crippen LogP contribution is -2.51. The number of hydrogen-bond acceptors (Lipinski definition) is 6. The number of piperidine rings is 1. The molecule has 1 amide bonds. The van der Waals surface area contributed by atoms with E-state index in [9.17, 15) is 9.90 Å². The predicted octanol–water partition coefficient (Wildman–Crippen LogP) is 1.24. The van der Waals surface area contributed by atoms with E-state index in [-0.39, 0.29) is 18.9 Å². The number of rotatable bonds is 3. The van der Waals surface area contributed by atoms with Crippen LogP contribution in [0.5, 0.6) is 0 Å². The van der Waals surface area contributed by atoms with E-state index in [1.165, 1.54) is 0 Å². The Labute approximate surface area is 144 Å². The lowest BCUT2D eigenvalue weighted by Gasteiger charge is -2.38. The van der Waals surface area contributed by atoms with Crippen LogP contribution in [-0.2, 0) is 6.42 Å². The number of aryl methyl sites for hydroxylation is 1. The molecular formula is C17H19N5O3. The van der Waals surface area contributed by atoms with E-state index in [1.807, 2.05) is 18.2 Å². The van der Waals surface area contributed by atoms with Crippen molar-refractivity contribution in [2.24, 2.45) is 0 Å². The topological polar surface area (TPSA) is 96.8 Å². The third-order valence-electron chi connectivity index (χ3n) is 4.55. The molecular weight excluding hydrogens is 322 g/mol. The molecule has 8 nitrogen and oxygen atoms in total. The number of likely N-dealkylation sites (tertiary alicyclic amines) is 1. The number of β-amino-alcohol motifs (C(OH)–C–C–N with tert-alkyl or cyclic N) is 1. The van der Waals surface area contributed by atoms with E-state index in [0.29, 0.717) is 36.7 Å². The number of carbonyl (C=O) groups excluding carboxylic acids is 1. The van der Waals surface area contributed by atoms with Crippen LogP contribution in [0, 0.1) is 6.92 Å². The molecule has 0 spiro atoms. The molecule has 1 atom stereocenters. The molecule has 4 heterocycles. The van der Waals surface area contributed by atoms with E-state index >= 15 is 0 Å². The van der Waals surface area contributed by atoms with Crippen molar-refractivity contribution < 1.29 is 14.4 Å². The molecule has 3 aromatic rings. The van der Waals surface area contributed by atoms with Crippen molar-refractivity contribution in [1.29, 1.82) is 0 Å². The van der Waals surface area contributed by atoms with Gasteiger partial charge in [-0.1, -0.05) is 11.2 Å². The van der Waals surface area contributed by atoms with E-state index in [2.05, 4.69) is 15.2 Å². The van der Waals surface area contributed by atoms with Gasteiger partial charge in [-0.15, -0.1) is 0 Å². The molecule has 0 aliphatic carbocycles. The summed E-state index contributed by atoms with van der Waals surface area (Å²) in [5.41, 5.74) is 0.239. The molecule has 0 saturated carbocycles. The van der Waals surface area contributed by atoms with E-state index in [1.54, 1.807) is 28.7 Å². The van der Waals surface area contributed by atoms with Crippen molar-refractivity contribution in [2.75, 3.05) is 13.1 Å². The smallest absolute Gasteiger partial charge is 0.257 e. The first-order valence-electron chi connectivity index (χ1n) is 8.27. The number of aliphatic hydroxyl groups is 1. The van der Waals surface area contributed by atoms with Gasteiger partial charge in [-0.2, -0.15) is 10.1 Å². The molecule has 1 N–H and O–H groups in total. The monoisotopic (exact) mass is 341 g/mol. The van der Waals surface area contributed by atoms with Gasteiger partial charge in [0.1, 0.15) is 0 Å². The minimum absolute atomic E-state index is 0.124. The summed E-state index contributed by atoms with van der Waals surface area (Å²) in [7, 11) is 0. The van der Waals surface area contributed by atoms with Gasteiger partial charge in [-0.25, -0.2) is 4.52 Å². The largest absolute Gasteiger partial charge is 0.388 e. The molecule has 0 radical (unpaired) electrons. The fourth-order valence-electron chi connectivity index (χ4n) is 3.39. The van der Waals surface area contributed by atoms with Gasteiger partial charge in [0.05, 0.1) is 35.8 Å². The molecule has 0 aromatic carbocycles. The molecule has 8 heteroatoms. The second kappa shape index (κ2) is 5.96. The number of pyridine rings is 1. The Bertz CT molecular complexity index is 918. The van der Waals surface area contributed by atoms with Crippen LogP contribution in [0.3, 0.4) is 0 Å². The first-order valence-corrected chi connectivity index (χ1v) is 8.27. The van der Waals surface area contributed by atoms with Crippen LogP contribution in [0.4, 0.5) is 0 Å². The van der Waals surface area contributed by atoms with E-state index in [4.69, 9.17) is 4.52 Å². The summed E-state index contributed by atoms with van der Waals surface area (Å²) in [6, 6.07) is 5.59. The fraction of sp³-hybridized carbons (Fsp3) is 0.412. The number of aromatic nitrogens is 4. The SMILES string of the molecule is Cc1noc(CC2(O)CCCN(C(=O)c3cnn4ccccc34)C2)n1. The van der Waals surface area contributed by atoms with Crippen molar-refractivity contribution in [3.63, 3.8) is 0 Å². The quantitative estimate of drug-likeness (QED) is 0.770. The number of nitrogens with zero attached hydrogens (tertiary/aromatic N) is 5. The first-order chi connectivity index (χ1) is 12.0. The summed E-state index contributed by atoms with van der Waals surface area (Å²) >= 11 is 0. The first kappa shape index (κ1) is 15.8. The van der Waals surface area contributed by atoms with Crippen LogP contribution in [0.2, 0.25) is 0 Å². The van der Waals surface area contributed by atoms with E-state index < -0.39 is 5.60 Å². The third kappa shape index (κ3) is 3.00. The van der Waals surface area contributed by atoms with Crippen LogP contribution in [-0.4, -0.2) is 54.4 Å². The summed E-state index contributed by atoms with van der Waals surface area (Å²) in [4.78, 5) is 18.8. The highest BCUT2D eigenvalue weighted by molar-refractivity contribution is 6.00. The number of carbonyl (C=O) groups is 1. The Hall–Kier alpha value is -2.74. The standard InChI is InChI=1S/C17H19N5O3/c1-12-19-15(25-20-12)9-17(24)6-4-7-21(11-17)16(23)13-10-18-22-8-3-2-5-14(13)22/h2-3,5,8,10,24H,4,6-7,9,11H2,1H3. The van der Waals surface area contributed by atoms with Crippen molar-refractivity contribution in [3.8, 4) is 0 Å². The zero-order chi connectivity index (χ0) is 17.4. The van der Waals surface area contributed by atoms with Crippen molar-refractivity contribution in [2.45, 2.75) is 31.8 Å². The van der Waals surface area contributed by atoms with Crippen molar-refractivity contribution in [3.05, 3.63) is 47.9 Å². The fourth-order valence-corrected chi connectivity index (χ4v) is 3.39. The summed E-state index contributed by atoms with van der Waals surface area (Å²) in [6.07, 6.45) is 4.93. The van der Waals surface area contributed by atoms with Gasteiger partial charge in [0.15, 0.2) is 5.82 Å². The minimum Gasteiger partial charge on any atom is -0.388 e. The average Bonchev–Trinajstić information content (AvgIpc) is 3.20. The maximum absolute atomic E-state index is 12.9. The highest BCUT2D eigenvalue weighted by Crippen LogP contribution is 2.26. The van der Waals surface area contributed by atoms with Gasteiger partial charge in [0, 0.05) is 12.7 Å². The zero-order valence-electron chi connectivity index (χ0n) is 13.9. The van der Waals surface area contributed by atoms with Gasteiger partial charge in [-0.3, -0.25) is 4.79 Å². The van der Waals surface area contributed by atoms with Gasteiger partial charge in [0.2, 0.25) is 5.89 Å². The lowest BCUT2D eigenvalue weighted by atomic mass is 9.89. The molecule has 1 aliphatic rings. The van der Waals surface area contributed by atoms with Crippen molar-refractivity contribution in [1.82, 2.24) is 24.7 Å². The Morgan fingerprint density at radius 3 is 3.12 bits per heavy atom. The summed E-state index contributed by atoms with van der Waals surface area (Å²) in [5, 5.41) is 18.9.